The van der Waals surface area contributed by atoms with Gasteiger partial charge in [0.25, 0.3) is 5.91 Å². The fourth-order valence-corrected chi connectivity index (χ4v) is 3.31. The third-order valence-corrected chi connectivity index (χ3v) is 5.01. The lowest BCUT2D eigenvalue weighted by Crippen LogP contribution is -2.17. The van der Waals surface area contributed by atoms with E-state index in [2.05, 4.69) is 20.5 Å². The van der Waals surface area contributed by atoms with Crippen LogP contribution in [0.25, 0.3) is 22.4 Å². The van der Waals surface area contributed by atoms with Gasteiger partial charge in [-0.05, 0) is 42.5 Å². The summed E-state index contributed by atoms with van der Waals surface area (Å²) in [5.74, 6) is 1.55. The molecule has 1 heterocycles. The number of hydrogen-bond donors (Lipinski definition) is 2. The van der Waals surface area contributed by atoms with Crippen LogP contribution in [0.15, 0.2) is 65.8 Å². The van der Waals surface area contributed by atoms with Crippen LogP contribution in [0, 0.1) is 0 Å². The summed E-state index contributed by atoms with van der Waals surface area (Å²) in [7, 11) is 3.14. The monoisotopic (exact) mass is 434 g/mol. The summed E-state index contributed by atoms with van der Waals surface area (Å²) in [5.41, 5.74) is 5.93. The Labute approximate surface area is 183 Å². The van der Waals surface area contributed by atoms with Gasteiger partial charge in [0.15, 0.2) is 0 Å². The second-order valence-corrected chi connectivity index (χ2v) is 7.01. The number of rotatable bonds is 6. The van der Waals surface area contributed by atoms with E-state index < -0.39 is 0 Å². The first-order chi connectivity index (χ1) is 15.1. The van der Waals surface area contributed by atoms with Gasteiger partial charge < -0.3 is 14.5 Å². The summed E-state index contributed by atoms with van der Waals surface area (Å²) in [6, 6.07) is 18.0. The van der Waals surface area contributed by atoms with Crippen LogP contribution >= 0.6 is 11.6 Å². The number of aromatic nitrogens is 2. The highest BCUT2D eigenvalue weighted by molar-refractivity contribution is 6.33. The van der Waals surface area contributed by atoms with Crippen LogP contribution in [0.3, 0.4) is 0 Å². The third kappa shape index (κ3) is 4.36. The molecule has 1 aromatic heterocycles. The molecule has 0 saturated carbocycles. The maximum Gasteiger partial charge on any atom is 0.271 e. The minimum absolute atomic E-state index is 0.348. The number of ether oxygens (including phenoxy) is 2. The molecular weight excluding hydrogens is 416 g/mol. The molecule has 4 rings (SSSR count). The van der Waals surface area contributed by atoms with Gasteiger partial charge in [0, 0.05) is 22.8 Å². The van der Waals surface area contributed by atoms with Gasteiger partial charge in [0.1, 0.15) is 17.3 Å². The van der Waals surface area contributed by atoms with Crippen LogP contribution < -0.4 is 14.9 Å². The first kappa shape index (κ1) is 20.4. The van der Waals surface area contributed by atoms with Gasteiger partial charge in [-0.1, -0.05) is 23.7 Å². The Balaban J connectivity index is 1.52. The summed E-state index contributed by atoms with van der Waals surface area (Å²) in [6.45, 7) is 0. The van der Waals surface area contributed by atoms with E-state index >= 15 is 0 Å². The average molecular weight is 435 g/mol. The Morgan fingerprint density at radius 3 is 2.71 bits per heavy atom. The molecular formula is C23H19ClN4O3. The van der Waals surface area contributed by atoms with Gasteiger partial charge in [-0.2, -0.15) is 5.10 Å². The Bertz CT molecular complexity index is 1280. The number of imidazole rings is 1. The zero-order valence-corrected chi connectivity index (χ0v) is 17.6. The van der Waals surface area contributed by atoms with E-state index in [9.17, 15) is 4.79 Å². The van der Waals surface area contributed by atoms with E-state index in [-0.39, 0.29) is 5.91 Å². The topological polar surface area (TPSA) is 88.6 Å². The van der Waals surface area contributed by atoms with Crippen LogP contribution in [0.4, 0.5) is 0 Å². The summed E-state index contributed by atoms with van der Waals surface area (Å²) >= 11 is 6.26. The lowest BCUT2D eigenvalue weighted by atomic mass is 10.2. The quantitative estimate of drug-likeness (QED) is 0.341. The smallest absolute Gasteiger partial charge is 0.271 e. The molecule has 2 N–H and O–H groups in total. The van der Waals surface area contributed by atoms with Crippen molar-refractivity contribution in [2.75, 3.05) is 14.2 Å². The number of hydrazone groups is 1. The predicted octanol–water partition coefficient (Wildman–Crippen LogP) is 4.66. The number of amides is 1. The van der Waals surface area contributed by atoms with E-state index in [1.54, 1.807) is 56.7 Å². The van der Waals surface area contributed by atoms with E-state index in [0.717, 1.165) is 16.6 Å². The third-order valence-electron chi connectivity index (χ3n) is 4.68. The number of fused-ring (bicyclic) bond motifs is 1. The summed E-state index contributed by atoms with van der Waals surface area (Å²) in [4.78, 5) is 20.3. The molecule has 0 spiro atoms. The largest absolute Gasteiger partial charge is 0.497 e. The molecule has 0 atom stereocenters. The number of methoxy groups -OCH3 is 2. The second kappa shape index (κ2) is 8.89. The number of H-pyrrole nitrogens is 1. The van der Waals surface area contributed by atoms with Crippen molar-refractivity contribution in [1.82, 2.24) is 15.4 Å². The van der Waals surface area contributed by atoms with Crippen molar-refractivity contribution < 1.29 is 14.3 Å². The molecule has 3 aromatic carbocycles. The fourth-order valence-electron chi connectivity index (χ4n) is 3.08. The lowest BCUT2D eigenvalue weighted by Gasteiger charge is -2.07. The molecule has 1 amide bonds. The van der Waals surface area contributed by atoms with Gasteiger partial charge in [-0.25, -0.2) is 10.4 Å². The fraction of sp³-hybridized carbons (Fsp3) is 0.0870. The average Bonchev–Trinajstić information content (AvgIpc) is 3.22. The Hall–Kier alpha value is -3.84. The number of aromatic amines is 1. The molecule has 0 bridgehead atoms. The molecule has 31 heavy (non-hydrogen) atoms. The second-order valence-electron chi connectivity index (χ2n) is 6.60. The zero-order chi connectivity index (χ0) is 21.8. The molecule has 8 heteroatoms. The van der Waals surface area contributed by atoms with Crippen molar-refractivity contribution in [3.8, 4) is 22.9 Å². The number of nitrogens with zero attached hydrogens (tertiary/aromatic N) is 2. The maximum atomic E-state index is 12.5. The van der Waals surface area contributed by atoms with Crippen LogP contribution in [0.2, 0.25) is 5.02 Å². The van der Waals surface area contributed by atoms with Gasteiger partial charge >= 0.3 is 0 Å². The highest BCUT2D eigenvalue weighted by Crippen LogP contribution is 2.27. The minimum Gasteiger partial charge on any atom is -0.497 e. The Morgan fingerprint density at radius 2 is 1.94 bits per heavy atom. The minimum atomic E-state index is -0.348. The van der Waals surface area contributed by atoms with Crippen molar-refractivity contribution in [1.29, 1.82) is 0 Å². The van der Waals surface area contributed by atoms with Crippen molar-refractivity contribution in [3.63, 3.8) is 0 Å². The lowest BCUT2D eigenvalue weighted by molar-refractivity contribution is 0.0955. The van der Waals surface area contributed by atoms with Gasteiger partial charge in [-0.15, -0.1) is 0 Å². The summed E-state index contributed by atoms with van der Waals surface area (Å²) in [6.07, 6.45) is 1.51. The molecule has 156 valence electrons. The van der Waals surface area contributed by atoms with Crippen LogP contribution in [0.5, 0.6) is 11.5 Å². The Morgan fingerprint density at radius 1 is 1.10 bits per heavy atom. The SMILES string of the molecule is COc1ccc(/C=N/NC(=O)c2ccc3nc(-c4ccccc4Cl)[nH]c3c2)c(OC)c1. The van der Waals surface area contributed by atoms with Crippen LogP contribution in [0.1, 0.15) is 15.9 Å². The number of hydrogen-bond acceptors (Lipinski definition) is 5. The van der Waals surface area contributed by atoms with Crippen molar-refractivity contribution in [3.05, 3.63) is 76.8 Å². The standard InChI is InChI=1S/C23H19ClN4O3/c1-30-16-9-7-15(21(12-16)31-2)13-25-28-23(29)14-8-10-19-20(11-14)27-22(26-19)17-5-3-4-6-18(17)24/h3-13H,1-2H3,(H,26,27)(H,28,29)/b25-13+. The van der Waals surface area contributed by atoms with Gasteiger partial charge in [-0.3, -0.25) is 4.79 Å². The molecule has 7 nitrogen and oxygen atoms in total. The molecule has 4 aromatic rings. The van der Waals surface area contributed by atoms with E-state index in [1.165, 1.54) is 6.21 Å². The van der Waals surface area contributed by atoms with E-state index in [0.29, 0.717) is 33.5 Å². The number of benzene rings is 3. The van der Waals surface area contributed by atoms with Crippen LogP contribution in [-0.4, -0.2) is 36.3 Å². The maximum absolute atomic E-state index is 12.5. The van der Waals surface area contributed by atoms with Gasteiger partial charge in [0.05, 0.1) is 36.5 Å². The molecule has 0 aliphatic carbocycles. The molecule has 0 unspecified atom stereocenters. The van der Waals surface area contributed by atoms with E-state index in [1.807, 2.05) is 18.2 Å². The van der Waals surface area contributed by atoms with Crippen molar-refractivity contribution >= 4 is 34.8 Å². The zero-order valence-electron chi connectivity index (χ0n) is 16.8. The van der Waals surface area contributed by atoms with E-state index in [4.69, 9.17) is 21.1 Å². The normalized spacial score (nSPS) is 11.1. The van der Waals surface area contributed by atoms with Crippen molar-refractivity contribution in [2.24, 2.45) is 5.10 Å². The summed E-state index contributed by atoms with van der Waals surface area (Å²) in [5, 5.41) is 4.64. The Kier molecular flexibility index (Phi) is 5.86. The first-order valence-electron chi connectivity index (χ1n) is 9.39. The number of carbonyl (C=O) groups excluding carboxylic acids is 1. The molecule has 0 aliphatic heterocycles. The molecule has 0 saturated heterocycles. The summed E-state index contributed by atoms with van der Waals surface area (Å²) < 4.78 is 10.5. The first-order valence-corrected chi connectivity index (χ1v) is 9.77. The molecule has 0 aliphatic rings. The van der Waals surface area contributed by atoms with Gasteiger partial charge in [0.2, 0.25) is 0 Å². The predicted molar refractivity (Wildman–Crippen MR) is 121 cm³/mol. The molecule has 0 fully saturated rings. The number of nitrogens with one attached hydrogen (secondary N) is 2. The van der Waals surface area contributed by atoms with Crippen LogP contribution in [-0.2, 0) is 0 Å². The molecule has 0 radical (unpaired) electrons. The number of halogens is 1. The highest BCUT2D eigenvalue weighted by Gasteiger charge is 2.11. The highest BCUT2D eigenvalue weighted by atomic mass is 35.5. The van der Waals surface area contributed by atoms with Crippen molar-refractivity contribution in [2.45, 2.75) is 0 Å². The number of carbonyl (C=O) groups is 1.